The number of fused-ring (bicyclic) bond motifs is 1. The molecule has 2 fully saturated rings. The van der Waals surface area contributed by atoms with Crippen molar-refractivity contribution in [2.24, 2.45) is 11.7 Å². The summed E-state index contributed by atoms with van der Waals surface area (Å²) in [4.78, 5) is 11.4. The molecule has 5 N–H and O–H groups in total. The second-order valence-corrected chi connectivity index (χ2v) is 8.90. The van der Waals surface area contributed by atoms with E-state index < -0.39 is 0 Å². The Hall–Kier alpha value is -1.93. The summed E-state index contributed by atoms with van der Waals surface area (Å²) in [6.07, 6.45) is 9.04. The van der Waals surface area contributed by atoms with E-state index in [2.05, 4.69) is 39.1 Å². The topological polar surface area (TPSA) is 110 Å². The summed E-state index contributed by atoms with van der Waals surface area (Å²) in [5.74, 6) is 2.17. The molecular formula is C20H34N8. The van der Waals surface area contributed by atoms with E-state index in [1.54, 1.807) is 4.52 Å². The number of nitrogens with two attached hydrogens (primary N) is 2. The molecule has 28 heavy (non-hydrogen) atoms. The summed E-state index contributed by atoms with van der Waals surface area (Å²) in [5, 5.41) is 8.07. The lowest BCUT2D eigenvalue weighted by atomic mass is 9.86. The van der Waals surface area contributed by atoms with Gasteiger partial charge in [0.2, 0.25) is 11.9 Å². The number of piperidine rings is 1. The zero-order chi connectivity index (χ0) is 19.7. The van der Waals surface area contributed by atoms with E-state index in [-0.39, 0.29) is 0 Å². The van der Waals surface area contributed by atoms with Gasteiger partial charge in [0.05, 0.1) is 6.20 Å². The molecule has 1 aliphatic carbocycles. The van der Waals surface area contributed by atoms with E-state index in [0.717, 1.165) is 43.1 Å². The van der Waals surface area contributed by atoms with Crippen LogP contribution in [0.2, 0.25) is 0 Å². The fourth-order valence-electron chi connectivity index (χ4n) is 4.59. The summed E-state index contributed by atoms with van der Waals surface area (Å²) in [6, 6.07) is 0.821. The molecule has 2 aromatic heterocycles. The molecule has 0 bridgehead atoms. The van der Waals surface area contributed by atoms with Crippen LogP contribution >= 0.6 is 0 Å². The molecule has 2 aliphatic rings. The number of aromatic nitrogens is 4. The van der Waals surface area contributed by atoms with Crippen LogP contribution in [0, 0.1) is 5.92 Å². The quantitative estimate of drug-likeness (QED) is 0.722. The Morgan fingerprint density at radius 1 is 1.11 bits per heavy atom. The normalized spacial score (nSPS) is 24.9. The lowest BCUT2D eigenvalue weighted by Gasteiger charge is -2.36. The van der Waals surface area contributed by atoms with E-state index >= 15 is 0 Å². The number of hydrogen-bond acceptors (Lipinski definition) is 7. The van der Waals surface area contributed by atoms with E-state index in [9.17, 15) is 0 Å². The first-order valence-corrected chi connectivity index (χ1v) is 10.7. The third-order valence-corrected chi connectivity index (χ3v) is 6.36. The molecule has 3 heterocycles. The predicted octanol–water partition coefficient (Wildman–Crippen LogP) is 2.22. The number of nitrogen functional groups attached to an aromatic ring is 1. The van der Waals surface area contributed by atoms with Crippen LogP contribution in [0.1, 0.15) is 63.9 Å². The van der Waals surface area contributed by atoms with Crippen LogP contribution in [0.25, 0.3) is 5.65 Å². The van der Waals surface area contributed by atoms with Crippen LogP contribution in [-0.2, 0) is 0 Å². The second kappa shape index (κ2) is 8.21. The van der Waals surface area contributed by atoms with Gasteiger partial charge in [-0.05, 0) is 50.4 Å². The molecule has 8 nitrogen and oxygen atoms in total. The van der Waals surface area contributed by atoms with Crippen molar-refractivity contribution in [3.63, 3.8) is 0 Å². The minimum absolute atomic E-state index is 0.297. The smallest absolute Gasteiger partial charge is 0.229 e. The van der Waals surface area contributed by atoms with Gasteiger partial charge in [-0.3, -0.25) is 0 Å². The van der Waals surface area contributed by atoms with Gasteiger partial charge >= 0.3 is 0 Å². The number of anilines is 2. The van der Waals surface area contributed by atoms with Crippen molar-refractivity contribution in [1.82, 2.24) is 24.5 Å². The molecule has 1 saturated carbocycles. The molecule has 0 unspecified atom stereocenters. The molecule has 1 aliphatic heterocycles. The van der Waals surface area contributed by atoms with Crippen molar-refractivity contribution in [1.29, 1.82) is 0 Å². The number of nitrogens with one attached hydrogen (secondary N) is 1. The van der Waals surface area contributed by atoms with Gasteiger partial charge in [0.1, 0.15) is 0 Å². The van der Waals surface area contributed by atoms with Gasteiger partial charge < -0.3 is 21.7 Å². The number of nitrogens with zero attached hydrogens (tertiary/aromatic N) is 5. The van der Waals surface area contributed by atoms with Gasteiger partial charge in [0.15, 0.2) is 5.65 Å². The van der Waals surface area contributed by atoms with Gasteiger partial charge in [-0.25, -0.2) is 0 Å². The molecule has 0 amide bonds. The van der Waals surface area contributed by atoms with Crippen LogP contribution in [-0.4, -0.2) is 56.2 Å². The summed E-state index contributed by atoms with van der Waals surface area (Å²) in [5.41, 5.74) is 13.9. The van der Waals surface area contributed by atoms with E-state index in [1.807, 2.05) is 6.20 Å². The van der Waals surface area contributed by atoms with Crippen LogP contribution in [0.5, 0.6) is 0 Å². The molecule has 0 radical (unpaired) electrons. The maximum Gasteiger partial charge on any atom is 0.229 e. The van der Waals surface area contributed by atoms with Crippen molar-refractivity contribution in [2.75, 3.05) is 30.7 Å². The van der Waals surface area contributed by atoms with Gasteiger partial charge in [-0.1, -0.05) is 13.8 Å². The first-order chi connectivity index (χ1) is 13.5. The average molecular weight is 387 g/mol. The van der Waals surface area contributed by atoms with Crippen molar-refractivity contribution < 1.29 is 0 Å². The SMILES string of the molecule is CC(C)c1cnn2c(NC3CCN(CC4CCC(N)CC4)CC3)nc(N)nc12. The largest absolute Gasteiger partial charge is 0.368 e. The lowest BCUT2D eigenvalue weighted by Crippen LogP contribution is -2.42. The number of rotatable bonds is 5. The molecule has 154 valence electrons. The molecule has 4 rings (SSSR count). The van der Waals surface area contributed by atoms with Gasteiger partial charge in [0, 0.05) is 37.3 Å². The fourth-order valence-corrected chi connectivity index (χ4v) is 4.59. The van der Waals surface area contributed by atoms with Gasteiger partial charge in [-0.15, -0.1) is 0 Å². The second-order valence-electron chi connectivity index (χ2n) is 8.90. The number of likely N-dealkylation sites (tertiary alicyclic amines) is 1. The number of hydrogen-bond donors (Lipinski definition) is 3. The fraction of sp³-hybridized carbons (Fsp3) is 0.750. The zero-order valence-corrected chi connectivity index (χ0v) is 17.1. The molecule has 1 saturated heterocycles. The van der Waals surface area contributed by atoms with Crippen molar-refractivity contribution in [3.05, 3.63) is 11.8 Å². The Balaban J connectivity index is 1.36. The third-order valence-electron chi connectivity index (χ3n) is 6.36. The van der Waals surface area contributed by atoms with Crippen LogP contribution < -0.4 is 16.8 Å². The highest BCUT2D eigenvalue weighted by Crippen LogP contribution is 2.26. The van der Waals surface area contributed by atoms with Crippen LogP contribution in [0.15, 0.2) is 6.20 Å². The summed E-state index contributed by atoms with van der Waals surface area (Å²) >= 11 is 0. The van der Waals surface area contributed by atoms with Crippen LogP contribution in [0.3, 0.4) is 0 Å². The Kier molecular flexibility index (Phi) is 5.68. The van der Waals surface area contributed by atoms with Gasteiger partial charge in [-0.2, -0.15) is 19.6 Å². The van der Waals surface area contributed by atoms with Crippen molar-refractivity contribution in [3.8, 4) is 0 Å². The Labute approximate surface area is 167 Å². The zero-order valence-electron chi connectivity index (χ0n) is 17.1. The first-order valence-electron chi connectivity index (χ1n) is 10.7. The Morgan fingerprint density at radius 3 is 2.50 bits per heavy atom. The molecule has 0 atom stereocenters. The van der Waals surface area contributed by atoms with Crippen molar-refractivity contribution in [2.45, 2.75) is 70.4 Å². The van der Waals surface area contributed by atoms with Crippen molar-refractivity contribution >= 4 is 17.5 Å². The minimum atomic E-state index is 0.297. The van der Waals surface area contributed by atoms with E-state index in [1.165, 1.54) is 32.2 Å². The molecule has 8 heteroatoms. The standard InChI is InChI=1S/C20H34N8/c1-13(2)17-11-23-28-18(17)25-19(22)26-20(28)24-16-7-9-27(10-8-16)12-14-3-5-15(21)6-4-14/h11,13-16H,3-10,12,21H2,1-2H3,(H3,22,24,25,26). The van der Waals surface area contributed by atoms with E-state index in [4.69, 9.17) is 11.5 Å². The summed E-state index contributed by atoms with van der Waals surface area (Å²) in [6.45, 7) is 7.75. The first kappa shape index (κ1) is 19.4. The highest BCUT2D eigenvalue weighted by atomic mass is 15.4. The van der Waals surface area contributed by atoms with Gasteiger partial charge in [0.25, 0.3) is 0 Å². The maximum atomic E-state index is 6.04. The highest BCUT2D eigenvalue weighted by molar-refractivity contribution is 5.54. The Bertz CT molecular complexity index is 785. The Morgan fingerprint density at radius 2 is 1.82 bits per heavy atom. The molecule has 0 aromatic carbocycles. The molecular weight excluding hydrogens is 352 g/mol. The molecule has 0 spiro atoms. The third kappa shape index (κ3) is 4.22. The average Bonchev–Trinajstić information content (AvgIpc) is 3.09. The molecule has 2 aromatic rings. The predicted molar refractivity (Wildman–Crippen MR) is 112 cm³/mol. The van der Waals surface area contributed by atoms with Crippen LogP contribution in [0.4, 0.5) is 11.9 Å². The summed E-state index contributed by atoms with van der Waals surface area (Å²) < 4.78 is 1.79. The monoisotopic (exact) mass is 386 g/mol. The van der Waals surface area contributed by atoms with E-state index in [0.29, 0.717) is 29.9 Å². The summed E-state index contributed by atoms with van der Waals surface area (Å²) in [7, 11) is 0. The lowest BCUT2D eigenvalue weighted by molar-refractivity contribution is 0.164. The maximum absolute atomic E-state index is 6.04. The minimum Gasteiger partial charge on any atom is -0.368 e. The highest BCUT2D eigenvalue weighted by Gasteiger charge is 2.25.